The van der Waals surface area contributed by atoms with E-state index in [9.17, 15) is 36.0 Å². The minimum absolute atomic E-state index is 0.0240. The maximum Gasteiger partial charge on any atom is 0.435 e. The molecule has 1 atom stereocenters. The lowest BCUT2D eigenvalue weighted by atomic mass is 10.0. The van der Waals surface area contributed by atoms with E-state index in [1.165, 1.54) is 49.6 Å². The number of methoxy groups -OCH3 is 1. The van der Waals surface area contributed by atoms with Crippen LogP contribution in [0.25, 0.3) is 16.8 Å². The van der Waals surface area contributed by atoms with Crippen molar-refractivity contribution in [2.45, 2.75) is 30.1 Å². The Morgan fingerprint density at radius 3 is 2.20 bits per heavy atom. The Kier molecular flexibility index (Phi) is 12.5. The molecule has 0 bridgehead atoms. The summed E-state index contributed by atoms with van der Waals surface area (Å²) >= 11 is 5.98. The van der Waals surface area contributed by atoms with Gasteiger partial charge >= 0.3 is 6.18 Å². The minimum atomic E-state index is -5.06. The molecule has 17 heteroatoms. The number of benzene rings is 5. The Labute approximate surface area is 340 Å². The standard InChI is InChI=1S/C42H34ClF4N5O6S/c1-58-29-17-19-35(31(22-29)39(53)50-34(20-25-8-4-3-5-9-25)40(54)48-24-26-12-15-28(43)16-13-26)52-36(23-38(51-52)42(45,46)47)41(55)49-33-18-14-27(21-32(33)44)30-10-6-7-11-37(30)59(2,56)57/h3-19,21-23,34H,20,24H2,1-2H3,(H,48,54)(H,49,55)(H,50,53)/t34-/m0/s1. The van der Waals surface area contributed by atoms with Gasteiger partial charge < -0.3 is 20.7 Å². The van der Waals surface area contributed by atoms with Crippen molar-refractivity contribution in [3.05, 3.63) is 160 Å². The van der Waals surface area contributed by atoms with Crippen molar-refractivity contribution in [2.24, 2.45) is 0 Å². The number of amides is 3. The third-order valence-corrected chi connectivity index (χ3v) is 10.4. The van der Waals surface area contributed by atoms with Crippen molar-refractivity contribution in [3.63, 3.8) is 0 Å². The third-order valence-electron chi connectivity index (χ3n) is 9.01. The Morgan fingerprint density at radius 1 is 0.847 bits per heavy atom. The molecule has 0 saturated heterocycles. The number of rotatable bonds is 13. The van der Waals surface area contributed by atoms with E-state index in [0.717, 1.165) is 24.0 Å². The molecule has 11 nitrogen and oxygen atoms in total. The van der Waals surface area contributed by atoms with Crippen molar-refractivity contribution < 1.29 is 45.1 Å². The molecule has 0 fully saturated rings. The van der Waals surface area contributed by atoms with Crippen LogP contribution >= 0.6 is 11.6 Å². The van der Waals surface area contributed by atoms with Crippen LogP contribution in [0.1, 0.15) is 37.7 Å². The second kappa shape index (κ2) is 17.5. The molecule has 1 heterocycles. The highest BCUT2D eigenvalue weighted by Gasteiger charge is 2.37. The number of hydrogen-bond acceptors (Lipinski definition) is 7. The predicted octanol–water partition coefficient (Wildman–Crippen LogP) is 7.67. The van der Waals surface area contributed by atoms with E-state index in [1.807, 2.05) is 0 Å². The molecule has 0 unspecified atom stereocenters. The van der Waals surface area contributed by atoms with Crippen LogP contribution in [0.3, 0.4) is 0 Å². The van der Waals surface area contributed by atoms with Gasteiger partial charge in [0.05, 0.1) is 28.9 Å². The summed E-state index contributed by atoms with van der Waals surface area (Å²) in [6.07, 6.45) is -4.04. The highest BCUT2D eigenvalue weighted by molar-refractivity contribution is 7.90. The number of ether oxygens (including phenoxy) is 1. The predicted molar refractivity (Wildman–Crippen MR) is 213 cm³/mol. The summed E-state index contributed by atoms with van der Waals surface area (Å²) in [6.45, 7) is 0.0881. The van der Waals surface area contributed by atoms with Gasteiger partial charge in [-0.15, -0.1) is 0 Å². The molecule has 3 N–H and O–H groups in total. The Bertz CT molecular complexity index is 2640. The molecule has 5 aromatic carbocycles. The summed E-state index contributed by atoms with van der Waals surface area (Å²) in [5, 5.41) is 11.9. The summed E-state index contributed by atoms with van der Waals surface area (Å²) < 4.78 is 88.7. The third kappa shape index (κ3) is 10.1. The topological polar surface area (TPSA) is 148 Å². The van der Waals surface area contributed by atoms with E-state index < -0.39 is 62.7 Å². The fraction of sp³-hybridized carbons (Fsp3) is 0.143. The number of alkyl halides is 3. The minimum Gasteiger partial charge on any atom is -0.497 e. The molecule has 0 radical (unpaired) electrons. The van der Waals surface area contributed by atoms with Gasteiger partial charge in [-0.3, -0.25) is 14.4 Å². The molecular weight excluding hydrogens is 814 g/mol. The maximum absolute atomic E-state index is 15.6. The fourth-order valence-electron chi connectivity index (χ4n) is 6.08. The van der Waals surface area contributed by atoms with Crippen molar-refractivity contribution in [1.82, 2.24) is 20.4 Å². The number of anilines is 1. The molecule has 0 spiro atoms. The van der Waals surface area contributed by atoms with Gasteiger partial charge in [0.1, 0.15) is 23.3 Å². The van der Waals surface area contributed by atoms with Gasteiger partial charge in [0.2, 0.25) is 5.91 Å². The van der Waals surface area contributed by atoms with Crippen LogP contribution in [0, 0.1) is 5.82 Å². The quantitative estimate of drug-likeness (QED) is 0.101. The molecule has 0 aliphatic heterocycles. The Morgan fingerprint density at radius 2 is 1.54 bits per heavy atom. The SMILES string of the molecule is COc1ccc(-n2nc(C(F)(F)F)cc2C(=O)Nc2ccc(-c3ccccc3S(C)(=O)=O)cc2F)c(C(=O)N[C@@H](Cc2ccccc2)C(=O)NCc2ccc(Cl)cc2)c1. The molecule has 1 aromatic heterocycles. The van der Waals surface area contributed by atoms with Crippen molar-refractivity contribution in [1.29, 1.82) is 0 Å². The van der Waals surface area contributed by atoms with Gasteiger partial charge in [0.25, 0.3) is 11.8 Å². The molecular formula is C42H34ClF4N5O6S. The lowest BCUT2D eigenvalue weighted by Gasteiger charge is -2.20. The van der Waals surface area contributed by atoms with Gasteiger partial charge in [-0.1, -0.05) is 78.3 Å². The molecule has 0 aliphatic carbocycles. The Hall–Kier alpha value is -6.52. The van der Waals surface area contributed by atoms with Gasteiger partial charge in [-0.05, 0) is 65.2 Å². The van der Waals surface area contributed by atoms with Gasteiger partial charge in [-0.2, -0.15) is 18.3 Å². The first-order valence-corrected chi connectivity index (χ1v) is 19.9. The van der Waals surface area contributed by atoms with Crippen LogP contribution in [0.5, 0.6) is 5.75 Å². The van der Waals surface area contributed by atoms with Crippen LogP contribution in [0.4, 0.5) is 23.2 Å². The molecule has 0 aliphatic rings. The van der Waals surface area contributed by atoms with Crippen LogP contribution in [-0.4, -0.2) is 55.3 Å². The monoisotopic (exact) mass is 847 g/mol. The highest BCUT2D eigenvalue weighted by Crippen LogP contribution is 2.33. The number of sulfone groups is 1. The Balaban J connectivity index is 1.34. The largest absolute Gasteiger partial charge is 0.497 e. The zero-order valence-corrected chi connectivity index (χ0v) is 32.8. The summed E-state index contributed by atoms with van der Waals surface area (Å²) in [7, 11) is -2.41. The highest BCUT2D eigenvalue weighted by atomic mass is 35.5. The summed E-state index contributed by atoms with van der Waals surface area (Å²) in [5.74, 6) is -3.65. The van der Waals surface area contributed by atoms with Gasteiger partial charge in [0, 0.05) is 35.9 Å². The summed E-state index contributed by atoms with van der Waals surface area (Å²) in [6, 6.07) is 27.8. The van der Waals surface area contributed by atoms with Crippen molar-refractivity contribution in [3.8, 4) is 22.6 Å². The van der Waals surface area contributed by atoms with E-state index in [2.05, 4.69) is 21.0 Å². The van der Waals surface area contributed by atoms with Gasteiger partial charge in [0.15, 0.2) is 15.5 Å². The first-order valence-electron chi connectivity index (χ1n) is 17.6. The molecule has 59 heavy (non-hydrogen) atoms. The number of nitrogens with one attached hydrogen (secondary N) is 3. The maximum atomic E-state index is 15.6. The second-order valence-electron chi connectivity index (χ2n) is 13.2. The van der Waals surface area contributed by atoms with E-state index in [1.54, 1.807) is 60.7 Å². The second-order valence-corrected chi connectivity index (χ2v) is 15.6. The van der Waals surface area contributed by atoms with Crippen LogP contribution in [-0.2, 0) is 33.8 Å². The zero-order chi connectivity index (χ0) is 42.5. The molecule has 6 rings (SSSR count). The lowest BCUT2D eigenvalue weighted by Crippen LogP contribution is -2.48. The molecule has 304 valence electrons. The fourth-order valence-corrected chi connectivity index (χ4v) is 7.12. The van der Waals surface area contributed by atoms with Gasteiger partial charge in [-0.25, -0.2) is 17.5 Å². The number of halogens is 5. The average Bonchev–Trinajstić information content (AvgIpc) is 3.67. The van der Waals surface area contributed by atoms with Crippen molar-refractivity contribution in [2.75, 3.05) is 18.7 Å². The summed E-state index contributed by atoms with van der Waals surface area (Å²) in [5.41, 5.74) is -1.55. The van der Waals surface area contributed by atoms with E-state index in [-0.39, 0.29) is 46.0 Å². The molecule has 0 saturated carbocycles. The molecule has 3 amide bonds. The van der Waals surface area contributed by atoms with Crippen LogP contribution < -0.4 is 20.7 Å². The number of carbonyl (C=O) groups excluding carboxylic acids is 3. The normalized spacial score (nSPS) is 12.1. The number of carbonyl (C=O) groups is 3. The molecule has 6 aromatic rings. The van der Waals surface area contributed by atoms with Crippen LogP contribution in [0.2, 0.25) is 5.02 Å². The summed E-state index contributed by atoms with van der Waals surface area (Å²) in [4.78, 5) is 41.5. The number of hydrogen-bond donors (Lipinski definition) is 3. The van der Waals surface area contributed by atoms with E-state index in [4.69, 9.17) is 16.3 Å². The smallest absolute Gasteiger partial charge is 0.435 e. The first kappa shape index (κ1) is 42.1. The number of nitrogens with zero attached hydrogens (tertiary/aromatic N) is 2. The average molecular weight is 848 g/mol. The van der Waals surface area contributed by atoms with E-state index >= 15 is 4.39 Å². The lowest BCUT2D eigenvalue weighted by molar-refractivity contribution is -0.141. The zero-order valence-electron chi connectivity index (χ0n) is 31.2. The first-order chi connectivity index (χ1) is 28.0. The van der Waals surface area contributed by atoms with Crippen LogP contribution in [0.15, 0.2) is 126 Å². The van der Waals surface area contributed by atoms with Crippen molar-refractivity contribution >= 4 is 44.8 Å². The van der Waals surface area contributed by atoms with E-state index in [0.29, 0.717) is 21.3 Å². The number of aromatic nitrogens is 2.